The van der Waals surface area contributed by atoms with Crippen molar-refractivity contribution in [3.05, 3.63) is 5.82 Å². The SMILES string of the molecule is CC(C#N)CN(C)c1nc(C(F)(F)F)ns1. The van der Waals surface area contributed by atoms with Crippen LogP contribution < -0.4 is 4.90 Å². The third-order valence-electron chi connectivity index (χ3n) is 1.76. The van der Waals surface area contributed by atoms with Crippen LogP contribution in [-0.2, 0) is 6.18 Å². The highest BCUT2D eigenvalue weighted by Crippen LogP contribution is 2.29. The second kappa shape index (κ2) is 4.65. The van der Waals surface area contributed by atoms with E-state index in [1.807, 2.05) is 6.07 Å². The third-order valence-corrected chi connectivity index (χ3v) is 2.59. The van der Waals surface area contributed by atoms with Crippen LogP contribution in [0.3, 0.4) is 0 Å². The molecule has 1 atom stereocenters. The predicted molar refractivity (Wildman–Crippen MR) is 53.0 cm³/mol. The van der Waals surface area contributed by atoms with Gasteiger partial charge in [-0.2, -0.15) is 27.8 Å². The monoisotopic (exact) mass is 250 g/mol. The largest absolute Gasteiger partial charge is 0.452 e. The number of halogens is 3. The Balaban J connectivity index is 2.75. The molecule has 1 heterocycles. The summed E-state index contributed by atoms with van der Waals surface area (Å²) in [6, 6.07) is 2.00. The molecule has 0 aliphatic heterocycles. The van der Waals surface area contributed by atoms with Crippen molar-refractivity contribution >= 4 is 16.7 Å². The van der Waals surface area contributed by atoms with Gasteiger partial charge in [0.15, 0.2) is 0 Å². The standard InChI is InChI=1S/C8H9F3N4S/c1-5(3-12)4-15(2)7-13-6(14-16-7)8(9,10)11/h5H,4H2,1-2H3. The van der Waals surface area contributed by atoms with Crippen molar-refractivity contribution in [3.8, 4) is 6.07 Å². The maximum absolute atomic E-state index is 12.2. The van der Waals surface area contributed by atoms with E-state index < -0.39 is 12.0 Å². The molecule has 8 heteroatoms. The molecule has 0 aliphatic rings. The van der Waals surface area contributed by atoms with Crippen molar-refractivity contribution in [2.24, 2.45) is 5.92 Å². The molecule has 0 aromatic carbocycles. The average Bonchev–Trinajstić information content (AvgIpc) is 2.65. The normalized spacial score (nSPS) is 13.2. The van der Waals surface area contributed by atoms with Gasteiger partial charge in [0.05, 0.1) is 12.0 Å². The van der Waals surface area contributed by atoms with Crippen molar-refractivity contribution in [2.45, 2.75) is 13.1 Å². The van der Waals surface area contributed by atoms with Crippen LogP contribution in [0.1, 0.15) is 12.7 Å². The Kier molecular flexibility index (Phi) is 3.70. The first-order valence-electron chi connectivity index (χ1n) is 4.36. The van der Waals surface area contributed by atoms with E-state index in [0.29, 0.717) is 18.1 Å². The number of hydrogen-bond donors (Lipinski definition) is 0. The Morgan fingerprint density at radius 1 is 1.56 bits per heavy atom. The maximum Gasteiger partial charge on any atom is 0.452 e. The number of nitrogens with zero attached hydrogens (tertiary/aromatic N) is 4. The molecule has 0 radical (unpaired) electrons. The molecule has 1 unspecified atom stereocenters. The van der Waals surface area contributed by atoms with Gasteiger partial charge in [0.1, 0.15) is 0 Å². The fourth-order valence-corrected chi connectivity index (χ4v) is 1.67. The number of rotatable bonds is 3. The third kappa shape index (κ3) is 3.06. The molecule has 0 N–H and O–H groups in total. The highest BCUT2D eigenvalue weighted by molar-refractivity contribution is 7.09. The van der Waals surface area contributed by atoms with Crippen molar-refractivity contribution < 1.29 is 13.2 Å². The van der Waals surface area contributed by atoms with Crippen LogP contribution in [0.15, 0.2) is 0 Å². The van der Waals surface area contributed by atoms with Crippen LogP contribution in [0.25, 0.3) is 0 Å². The van der Waals surface area contributed by atoms with Crippen molar-refractivity contribution in [1.82, 2.24) is 9.36 Å². The molecule has 1 aromatic rings. The van der Waals surface area contributed by atoms with E-state index >= 15 is 0 Å². The summed E-state index contributed by atoms with van der Waals surface area (Å²) in [6.45, 7) is 2.01. The van der Waals surface area contributed by atoms with E-state index in [1.165, 1.54) is 4.90 Å². The zero-order valence-corrected chi connectivity index (χ0v) is 9.43. The number of hydrogen-bond acceptors (Lipinski definition) is 5. The van der Waals surface area contributed by atoms with Gasteiger partial charge in [-0.25, -0.2) is 0 Å². The van der Waals surface area contributed by atoms with Gasteiger partial charge in [-0.05, 0) is 6.92 Å². The van der Waals surface area contributed by atoms with Crippen LogP contribution >= 0.6 is 11.5 Å². The predicted octanol–water partition coefficient (Wildman–Crippen LogP) is 2.15. The van der Waals surface area contributed by atoms with E-state index in [0.717, 1.165) is 0 Å². The summed E-state index contributed by atoms with van der Waals surface area (Å²) in [5, 5.41) is 8.74. The van der Waals surface area contributed by atoms with Gasteiger partial charge in [0, 0.05) is 25.1 Å². The minimum Gasteiger partial charge on any atom is -0.349 e. The zero-order valence-electron chi connectivity index (χ0n) is 8.62. The first-order valence-corrected chi connectivity index (χ1v) is 5.13. The van der Waals surface area contributed by atoms with Gasteiger partial charge in [0.25, 0.3) is 0 Å². The van der Waals surface area contributed by atoms with Gasteiger partial charge < -0.3 is 4.90 Å². The minimum absolute atomic E-state index is 0.162. The highest BCUT2D eigenvalue weighted by atomic mass is 32.1. The molecule has 0 saturated heterocycles. The molecule has 16 heavy (non-hydrogen) atoms. The molecule has 88 valence electrons. The smallest absolute Gasteiger partial charge is 0.349 e. The van der Waals surface area contributed by atoms with Crippen LogP contribution in [0.4, 0.5) is 18.3 Å². The lowest BCUT2D eigenvalue weighted by atomic mass is 10.2. The molecule has 0 saturated carbocycles. The first kappa shape index (κ1) is 12.7. The summed E-state index contributed by atoms with van der Waals surface area (Å²) >= 11 is 0.672. The van der Waals surface area contributed by atoms with E-state index in [2.05, 4.69) is 9.36 Å². The lowest BCUT2D eigenvalue weighted by molar-refractivity contribution is -0.144. The number of alkyl halides is 3. The summed E-state index contributed by atoms with van der Waals surface area (Å²) in [5.41, 5.74) is 0. The number of aromatic nitrogens is 2. The number of anilines is 1. The van der Waals surface area contributed by atoms with Gasteiger partial charge >= 0.3 is 6.18 Å². The van der Waals surface area contributed by atoms with Crippen LogP contribution in [0.2, 0.25) is 0 Å². The molecule has 0 amide bonds. The van der Waals surface area contributed by atoms with Crippen LogP contribution in [0.5, 0.6) is 0 Å². The Labute approximate surface area is 94.5 Å². The molecule has 0 fully saturated rings. The molecule has 0 spiro atoms. The van der Waals surface area contributed by atoms with E-state index in [-0.39, 0.29) is 11.0 Å². The molecule has 0 bridgehead atoms. The molecule has 1 aromatic heterocycles. The topological polar surface area (TPSA) is 52.8 Å². The lowest BCUT2D eigenvalue weighted by Gasteiger charge is -2.15. The lowest BCUT2D eigenvalue weighted by Crippen LogP contribution is -2.23. The Morgan fingerprint density at radius 3 is 2.62 bits per heavy atom. The number of nitriles is 1. The van der Waals surface area contributed by atoms with Crippen molar-refractivity contribution in [3.63, 3.8) is 0 Å². The second-order valence-electron chi connectivity index (χ2n) is 3.31. The van der Waals surface area contributed by atoms with Gasteiger partial charge in [-0.15, -0.1) is 0 Å². The van der Waals surface area contributed by atoms with Gasteiger partial charge in [0.2, 0.25) is 11.0 Å². The van der Waals surface area contributed by atoms with Crippen molar-refractivity contribution in [1.29, 1.82) is 5.26 Å². The Hall–Kier alpha value is -1.36. The van der Waals surface area contributed by atoms with Gasteiger partial charge in [-0.3, -0.25) is 0 Å². The molecular formula is C8H9F3N4S. The summed E-state index contributed by atoms with van der Waals surface area (Å²) in [7, 11) is 1.58. The van der Waals surface area contributed by atoms with Crippen molar-refractivity contribution in [2.75, 3.05) is 18.5 Å². The average molecular weight is 250 g/mol. The summed E-state index contributed by atoms with van der Waals surface area (Å²) in [5.74, 6) is -1.41. The summed E-state index contributed by atoms with van der Waals surface area (Å²) in [6.07, 6.45) is -4.52. The molecule has 0 aliphatic carbocycles. The van der Waals surface area contributed by atoms with Gasteiger partial charge in [-0.1, -0.05) is 0 Å². The first-order chi connectivity index (χ1) is 7.34. The molecule has 1 rings (SSSR count). The van der Waals surface area contributed by atoms with Crippen LogP contribution in [-0.4, -0.2) is 22.9 Å². The Morgan fingerprint density at radius 2 is 2.19 bits per heavy atom. The summed E-state index contributed by atoms with van der Waals surface area (Å²) < 4.78 is 39.8. The van der Waals surface area contributed by atoms with E-state index in [9.17, 15) is 13.2 Å². The maximum atomic E-state index is 12.2. The van der Waals surface area contributed by atoms with E-state index in [1.54, 1.807) is 14.0 Å². The molecule has 4 nitrogen and oxygen atoms in total. The molecular weight excluding hydrogens is 241 g/mol. The summed E-state index contributed by atoms with van der Waals surface area (Å²) in [4.78, 5) is 4.85. The van der Waals surface area contributed by atoms with Crippen LogP contribution in [0, 0.1) is 17.2 Å². The zero-order chi connectivity index (χ0) is 12.3. The second-order valence-corrected chi connectivity index (χ2v) is 4.04. The quantitative estimate of drug-likeness (QED) is 0.824. The van der Waals surface area contributed by atoms with E-state index in [4.69, 9.17) is 5.26 Å². The minimum atomic E-state index is -4.52. The Bertz CT molecular complexity index is 395. The highest BCUT2D eigenvalue weighted by Gasteiger charge is 2.36. The fourth-order valence-electron chi connectivity index (χ4n) is 1.02. The fraction of sp³-hybridized carbons (Fsp3) is 0.625.